The topological polar surface area (TPSA) is 49.6 Å². The highest BCUT2D eigenvalue weighted by Crippen LogP contribution is 2.17. The van der Waals surface area contributed by atoms with E-state index in [1.807, 2.05) is 6.92 Å². The third kappa shape index (κ3) is 2.82. The lowest BCUT2D eigenvalue weighted by molar-refractivity contribution is -0.122. The molecule has 0 spiro atoms. The van der Waals surface area contributed by atoms with E-state index in [0.717, 1.165) is 26.2 Å². The second kappa shape index (κ2) is 5.40. The zero-order valence-electron chi connectivity index (χ0n) is 11.1. The summed E-state index contributed by atoms with van der Waals surface area (Å²) < 4.78 is 0. The Hall–Kier alpha value is -1.55. The van der Waals surface area contributed by atoms with E-state index in [0.29, 0.717) is 0 Å². The van der Waals surface area contributed by atoms with Gasteiger partial charge in [-0.1, -0.05) is 17.7 Å². The van der Waals surface area contributed by atoms with Gasteiger partial charge >= 0.3 is 0 Å². The van der Waals surface area contributed by atoms with Crippen molar-refractivity contribution >= 4 is 11.6 Å². The van der Waals surface area contributed by atoms with Gasteiger partial charge in [-0.2, -0.15) is 0 Å². The molecule has 1 fully saturated rings. The van der Waals surface area contributed by atoms with E-state index >= 15 is 0 Å². The van der Waals surface area contributed by atoms with Gasteiger partial charge in [0.25, 0.3) is 0 Å². The number of carbonyl (C=O) groups excluding carboxylic acids is 1. The quantitative estimate of drug-likeness (QED) is 0.866. The van der Waals surface area contributed by atoms with Crippen LogP contribution < -0.4 is 10.6 Å². The van der Waals surface area contributed by atoms with E-state index in [4.69, 9.17) is 5.73 Å². The highest BCUT2D eigenvalue weighted by molar-refractivity contribution is 5.79. The highest BCUT2D eigenvalue weighted by atomic mass is 16.1. The van der Waals surface area contributed by atoms with Gasteiger partial charge in [0.05, 0.1) is 6.04 Å². The Balaban J connectivity index is 1.94. The van der Waals surface area contributed by atoms with E-state index in [1.54, 1.807) is 0 Å². The lowest BCUT2D eigenvalue weighted by atomic mass is 10.1. The summed E-state index contributed by atoms with van der Waals surface area (Å²) in [5, 5.41) is 0. The Bertz CT molecular complexity index is 408. The molecule has 1 saturated heterocycles. The molecular weight excluding hydrogens is 226 g/mol. The third-order valence-electron chi connectivity index (χ3n) is 3.67. The fourth-order valence-electron chi connectivity index (χ4n) is 2.30. The number of hydrogen-bond acceptors (Lipinski definition) is 3. The van der Waals surface area contributed by atoms with Crippen LogP contribution in [0.25, 0.3) is 0 Å². The van der Waals surface area contributed by atoms with Crippen LogP contribution in [0.15, 0.2) is 24.3 Å². The van der Waals surface area contributed by atoms with Gasteiger partial charge in [-0.15, -0.1) is 0 Å². The van der Waals surface area contributed by atoms with Crippen LogP contribution in [-0.2, 0) is 4.79 Å². The van der Waals surface area contributed by atoms with Gasteiger partial charge in [-0.25, -0.2) is 0 Å². The molecule has 2 rings (SSSR count). The SMILES string of the molecule is Cc1ccc(N2CCN([C@@H](C)C(N)=O)CC2)cc1. The van der Waals surface area contributed by atoms with Gasteiger partial charge in [0, 0.05) is 31.9 Å². The van der Waals surface area contributed by atoms with Crippen LogP contribution in [-0.4, -0.2) is 43.0 Å². The molecule has 0 saturated carbocycles. The van der Waals surface area contributed by atoms with E-state index in [1.165, 1.54) is 11.3 Å². The Morgan fingerprint density at radius 2 is 1.72 bits per heavy atom. The molecule has 1 atom stereocenters. The summed E-state index contributed by atoms with van der Waals surface area (Å²) in [4.78, 5) is 15.7. The van der Waals surface area contributed by atoms with Crippen LogP contribution in [0.2, 0.25) is 0 Å². The molecule has 0 aliphatic carbocycles. The van der Waals surface area contributed by atoms with Crippen molar-refractivity contribution in [2.75, 3.05) is 31.1 Å². The van der Waals surface area contributed by atoms with Crippen LogP contribution >= 0.6 is 0 Å². The molecule has 1 aliphatic heterocycles. The molecule has 18 heavy (non-hydrogen) atoms. The maximum atomic E-state index is 11.2. The summed E-state index contributed by atoms with van der Waals surface area (Å²) in [5.41, 5.74) is 7.87. The first-order chi connectivity index (χ1) is 8.58. The Labute approximate surface area is 108 Å². The first-order valence-electron chi connectivity index (χ1n) is 6.43. The summed E-state index contributed by atoms with van der Waals surface area (Å²) in [7, 11) is 0. The van der Waals surface area contributed by atoms with E-state index in [-0.39, 0.29) is 11.9 Å². The smallest absolute Gasteiger partial charge is 0.234 e. The van der Waals surface area contributed by atoms with Crippen molar-refractivity contribution in [1.82, 2.24) is 4.90 Å². The maximum Gasteiger partial charge on any atom is 0.234 e. The molecule has 1 heterocycles. The van der Waals surface area contributed by atoms with Crippen molar-refractivity contribution < 1.29 is 4.79 Å². The number of nitrogens with zero attached hydrogens (tertiary/aromatic N) is 2. The zero-order chi connectivity index (χ0) is 13.1. The third-order valence-corrected chi connectivity index (χ3v) is 3.67. The summed E-state index contributed by atoms with van der Waals surface area (Å²) in [6, 6.07) is 8.41. The van der Waals surface area contributed by atoms with Crippen LogP contribution in [0.1, 0.15) is 12.5 Å². The number of aryl methyl sites for hydroxylation is 1. The van der Waals surface area contributed by atoms with Crippen molar-refractivity contribution in [3.05, 3.63) is 29.8 Å². The molecule has 1 aromatic rings. The summed E-state index contributed by atoms with van der Waals surface area (Å²) in [5.74, 6) is -0.237. The van der Waals surface area contributed by atoms with Crippen LogP contribution in [0.4, 0.5) is 5.69 Å². The lowest BCUT2D eigenvalue weighted by Gasteiger charge is -2.38. The number of piperazine rings is 1. The first kappa shape index (κ1) is 12.9. The monoisotopic (exact) mass is 247 g/mol. The van der Waals surface area contributed by atoms with Crippen LogP contribution in [0.3, 0.4) is 0 Å². The average molecular weight is 247 g/mol. The average Bonchev–Trinajstić information content (AvgIpc) is 2.39. The molecule has 0 bridgehead atoms. The maximum absolute atomic E-state index is 11.2. The molecular formula is C14H21N3O. The number of amides is 1. The van der Waals surface area contributed by atoms with Crippen molar-refractivity contribution in [3.8, 4) is 0 Å². The van der Waals surface area contributed by atoms with Crippen molar-refractivity contribution in [3.63, 3.8) is 0 Å². The number of primary amides is 1. The lowest BCUT2D eigenvalue weighted by Crippen LogP contribution is -2.53. The number of anilines is 1. The van der Waals surface area contributed by atoms with Gasteiger partial charge in [-0.3, -0.25) is 9.69 Å². The highest BCUT2D eigenvalue weighted by Gasteiger charge is 2.23. The molecule has 4 nitrogen and oxygen atoms in total. The molecule has 98 valence electrons. The second-order valence-corrected chi connectivity index (χ2v) is 4.94. The predicted molar refractivity (Wildman–Crippen MR) is 73.6 cm³/mol. The molecule has 1 aromatic carbocycles. The first-order valence-corrected chi connectivity index (χ1v) is 6.43. The minimum absolute atomic E-state index is 0.162. The van der Waals surface area contributed by atoms with E-state index < -0.39 is 0 Å². The number of carbonyl (C=O) groups is 1. The summed E-state index contributed by atoms with van der Waals surface area (Å²) in [6.45, 7) is 7.64. The van der Waals surface area contributed by atoms with E-state index in [9.17, 15) is 4.79 Å². The number of hydrogen-bond donors (Lipinski definition) is 1. The van der Waals surface area contributed by atoms with Crippen molar-refractivity contribution in [2.24, 2.45) is 5.73 Å². The van der Waals surface area contributed by atoms with Crippen molar-refractivity contribution in [2.45, 2.75) is 19.9 Å². The van der Waals surface area contributed by atoms with E-state index in [2.05, 4.69) is 41.0 Å². The standard InChI is InChI=1S/C14H21N3O/c1-11-3-5-13(6-4-11)17-9-7-16(8-10-17)12(2)14(15)18/h3-6,12H,7-10H2,1-2H3,(H2,15,18)/t12-/m0/s1. The number of nitrogens with two attached hydrogens (primary N) is 1. The molecule has 4 heteroatoms. The Kier molecular flexibility index (Phi) is 3.87. The van der Waals surface area contributed by atoms with Crippen LogP contribution in [0.5, 0.6) is 0 Å². The van der Waals surface area contributed by atoms with Crippen molar-refractivity contribution in [1.29, 1.82) is 0 Å². The molecule has 0 aromatic heterocycles. The molecule has 1 amide bonds. The number of benzene rings is 1. The minimum Gasteiger partial charge on any atom is -0.369 e. The van der Waals surface area contributed by atoms with Gasteiger partial charge in [-0.05, 0) is 26.0 Å². The molecule has 0 unspecified atom stereocenters. The van der Waals surface area contributed by atoms with Gasteiger partial charge < -0.3 is 10.6 Å². The molecule has 1 aliphatic rings. The van der Waals surface area contributed by atoms with Gasteiger partial charge in [0.2, 0.25) is 5.91 Å². The Morgan fingerprint density at radius 3 is 2.22 bits per heavy atom. The summed E-state index contributed by atoms with van der Waals surface area (Å²) >= 11 is 0. The van der Waals surface area contributed by atoms with Gasteiger partial charge in [0.1, 0.15) is 0 Å². The fraction of sp³-hybridized carbons (Fsp3) is 0.500. The Morgan fingerprint density at radius 1 is 1.17 bits per heavy atom. The van der Waals surface area contributed by atoms with Gasteiger partial charge in [0.15, 0.2) is 0 Å². The second-order valence-electron chi connectivity index (χ2n) is 4.94. The molecule has 2 N–H and O–H groups in total. The summed E-state index contributed by atoms with van der Waals surface area (Å²) in [6.07, 6.45) is 0. The predicted octanol–water partition coefficient (Wildman–Crippen LogP) is 0.991. The zero-order valence-corrected chi connectivity index (χ0v) is 11.1. The molecule has 0 radical (unpaired) electrons. The largest absolute Gasteiger partial charge is 0.369 e. The fourth-order valence-corrected chi connectivity index (χ4v) is 2.30. The van der Waals surface area contributed by atoms with Crippen LogP contribution in [0, 0.1) is 6.92 Å². The number of rotatable bonds is 3. The minimum atomic E-state index is -0.237. The normalized spacial score (nSPS) is 18.7.